The zero-order chi connectivity index (χ0) is 16.6. The highest BCUT2D eigenvalue weighted by Crippen LogP contribution is 2.00. The molecule has 0 rings (SSSR count). The molecule has 0 N–H and O–H groups in total. The van der Waals surface area contributed by atoms with Gasteiger partial charge in [-0.05, 0) is 73.9 Å². The first-order chi connectivity index (χ1) is 10.6. The lowest BCUT2D eigenvalue weighted by Crippen LogP contribution is -2.17. The lowest BCUT2D eigenvalue weighted by molar-refractivity contribution is 0.386. The first-order valence-electron chi connectivity index (χ1n) is 8.74. The highest BCUT2D eigenvalue weighted by Gasteiger charge is 1.97. The quantitative estimate of drug-likeness (QED) is 0.279. The third-order valence-corrected chi connectivity index (χ3v) is 3.48. The van der Waals surface area contributed by atoms with Gasteiger partial charge >= 0.3 is 0 Å². The second-order valence-corrected chi connectivity index (χ2v) is 6.47. The summed E-state index contributed by atoms with van der Waals surface area (Å²) in [5.74, 6) is 0. The van der Waals surface area contributed by atoms with Crippen molar-refractivity contribution in [1.82, 2.24) is 14.7 Å². The SMILES string of the molecule is C/C=C\N(C=NCCCCCN(C)C)CCCCCN(C)C. The lowest BCUT2D eigenvalue weighted by atomic mass is 10.2. The minimum atomic E-state index is 0.947. The Morgan fingerprint density at radius 1 is 0.727 bits per heavy atom. The van der Waals surface area contributed by atoms with Crippen LogP contribution in [0.25, 0.3) is 0 Å². The monoisotopic (exact) mass is 310 g/mol. The third-order valence-electron chi connectivity index (χ3n) is 3.48. The van der Waals surface area contributed by atoms with E-state index < -0.39 is 0 Å². The molecule has 0 spiro atoms. The van der Waals surface area contributed by atoms with Crippen LogP contribution in [0, 0.1) is 0 Å². The summed E-state index contributed by atoms with van der Waals surface area (Å²) in [5, 5.41) is 0. The molecule has 0 radical (unpaired) electrons. The molecule has 0 bridgehead atoms. The summed E-state index contributed by atoms with van der Waals surface area (Å²) in [6.07, 6.45) is 13.7. The molecule has 4 nitrogen and oxygen atoms in total. The number of hydrogen-bond donors (Lipinski definition) is 0. The van der Waals surface area contributed by atoms with Crippen LogP contribution in [0.4, 0.5) is 0 Å². The van der Waals surface area contributed by atoms with Crippen molar-refractivity contribution in [2.24, 2.45) is 4.99 Å². The molecular formula is C18H38N4. The number of nitrogens with zero attached hydrogens (tertiary/aromatic N) is 4. The van der Waals surface area contributed by atoms with E-state index in [2.05, 4.69) is 67.1 Å². The molecule has 0 aromatic heterocycles. The molecule has 0 amide bonds. The summed E-state index contributed by atoms with van der Waals surface area (Å²) in [6, 6.07) is 0. The molecule has 0 unspecified atom stereocenters. The van der Waals surface area contributed by atoms with Crippen molar-refractivity contribution >= 4 is 6.34 Å². The molecule has 22 heavy (non-hydrogen) atoms. The fraction of sp³-hybridized carbons (Fsp3) is 0.833. The number of allylic oxidation sites excluding steroid dienone is 1. The Balaban J connectivity index is 3.72. The van der Waals surface area contributed by atoms with Crippen molar-refractivity contribution in [2.45, 2.75) is 45.4 Å². The summed E-state index contributed by atoms with van der Waals surface area (Å²) in [6.45, 7) is 6.45. The van der Waals surface area contributed by atoms with Gasteiger partial charge in [0.15, 0.2) is 0 Å². The van der Waals surface area contributed by atoms with Gasteiger partial charge in [-0.15, -0.1) is 0 Å². The number of aliphatic imine (C=N–C) groups is 1. The van der Waals surface area contributed by atoms with Crippen LogP contribution in [0.5, 0.6) is 0 Å². The maximum atomic E-state index is 4.56. The van der Waals surface area contributed by atoms with E-state index in [9.17, 15) is 0 Å². The molecule has 4 heteroatoms. The molecule has 0 aromatic carbocycles. The summed E-state index contributed by atoms with van der Waals surface area (Å²) in [4.78, 5) is 11.3. The Morgan fingerprint density at radius 2 is 1.27 bits per heavy atom. The molecular weight excluding hydrogens is 272 g/mol. The molecule has 0 aliphatic heterocycles. The summed E-state index contributed by atoms with van der Waals surface area (Å²) in [5.41, 5.74) is 0. The molecule has 130 valence electrons. The van der Waals surface area contributed by atoms with Gasteiger partial charge in [0.1, 0.15) is 0 Å². The van der Waals surface area contributed by atoms with Gasteiger partial charge < -0.3 is 14.7 Å². The van der Waals surface area contributed by atoms with Gasteiger partial charge in [0, 0.05) is 19.3 Å². The highest BCUT2D eigenvalue weighted by molar-refractivity contribution is 5.56. The number of unbranched alkanes of at least 4 members (excludes halogenated alkanes) is 4. The van der Waals surface area contributed by atoms with E-state index in [1.165, 1.54) is 51.6 Å². The van der Waals surface area contributed by atoms with E-state index in [-0.39, 0.29) is 0 Å². The zero-order valence-corrected chi connectivity index (χ0v) is 15.6. The molecule has 0 aliphatic carbocycles. The molecule has 0 aromatic rings. The molecule has 0 heterocycles. The van der Waals surface area contributed by atoms with E-state index in [1.54, 1.807) is 0 Å². The molecule has 0 atom stereocenters. The second kappa shape index (κ2) is 15.0. The number of hydrogen-bond acceptors (Lipinski definition) is 3. The van der Waals surface area contributed by atoms with Gasteiger partial charge in [-0.25, -0.2) is 0 Å². The molecule has 0 saturated heterocycles. The average molecular weight is 311 g/mol. The van der Waals surface area contributed by atoms with Gasteiger partial charge in [0.25, 0.3) is 0 Å². The van der Waals surface area contributed by atoms with Gasteiger partial charge in [-0.2, -0.15) is 0 Å². The molecule has 0 aliphatic rings. The van der Waals surface area contributed by atoms with Gasteiger partial charge in [0.05, 0.1) is 6.34 Å². The van der Waals surface area contributed by atoms with Crippen LogP contribution in [0.15, 0.2) is 17.3 Å². The van der Waals surface area contributed by atoms with Gasteiger partial charge in [-0.1, -0.05) is 18.9 Å². The fourth-order valence-electron chi connectivity index (χ4n) is 2.23. The normalized spacial score (nSPS) is 12.3. The molecule has 0 fully saturated rings. The third kappa shape index (κ3) is 15.5. The molecule has 0 saturated carbocycles. The Bertz CT molecular complexity index is 285. The van der Waals surface area contributed by atoms with Crippen LogP contribution in [-0.2, 0) is 0 Å². The van der Waals surface area contributed by atoms with Crippen molar-refractivity contribution in [3.63, 3.8) is 0 Å². The number of rotatable bonds is 14. The van der Waals surface area contributed by atoms with Crippen molar-refractivity contribution < 1.29 is 0 Å². The second-order valence-electron chi connectivity index (χ2n) is 6.47. The van der Waals surface area contributed by atoms with Crippen LogP contribution in [0.1, 0.15) is 45.4 Å². The van der Waals surface area contributed by atoms with Gasteiger partial charge in [-0.3, -0.25) is 4.99 Å². The van der Waals surface area contributed by atoms with E-state index >= 15 is 0 Å². The Morgan fingerprint density at radius 3 is 1.82 bits per heavy atom. The zero-order valence-electron chi connectivity index (χ0n) is 15.6. The smallest absolute Gasteiger partial charge is 0.0889 e. The van der Waals surface area contributed by atoms with E-state index in [1.807, 2.05) is 6.34 Å². The van der Waals surface area contributed by atoms with Crippen molar-refractivity contribution in [2.75, 3.05) is 54.4 Å². The van der Waals surface area contributed by atoms with Crippen LogP contribution < -0.4 is 0 Å². The summed E-state index contributed by atoms with van der Waals surface area (Å²) < 4.78 is 0. The Kier molecular flexibility index (Phi) is 14.4. The first-order valence-corrected chi connectivity index (χ1v) is 8.74. The van der Waals surface area contributed by atoms with Crippen LogP contribution in [0.2, 0.25) is 0 Å². The van der Waals surface area contributed by atoms with E-state index in [0.29, 0.717) is 0 Å². The van der Waals surface area contributed by atoms with Crippen molar-refractivity contribution in [1.29, 1.82) is 0 Å². The van der Waals surface area contributed by atoms with Crippen LogP contribution in [0.3, 0.4) is 0 Å². The first kappa shape index (κ1) is 21.1. The Labute approximate surface area is 138 Å². The predicted molar refractivity (Wildman–Crippen MR) is 99.7 cm³/mol. The predicted octanol–water partition coefficient (Wildman–Crippen LogP) is 3.31. The standard InChI is InChI=1S/C18H38N4/c1-6-14-22(17-12-8-11-16-21(4)5)18-19-13-9-7-10-15-20(2)3/h6,14,18H,7-13,15-17H2,1-5H3/b14-6-,19-18?. The minimum Gasteiger partial charge on any atom is -0.340 e. The highest BCUT2D eigenvalue weighted by atomic mass is 15.1. The van der Waals surface area contributed by atoms with E-state index in [0.717, 1.165) is 13.1 Å². The van der Waals surface area contributed by atoms with Crippen molar-refractivity contribution in [3.8, 4) is 0 Å². The fourth-order valence-corrected chi connectivity index (χ4v) is 2.23. The van der Waals surface area contributed by atoms with Crippen LogP contribution in [-0.4, -0.2) is 75.4 Å². The largest absolute Gasteiger partial charge is 0.340 e. The van der Waals surface area contributed by atoms with Gasteiger partial charge in [0.2, 0.25) is 0 Å². The summed E-state index contributed by atoms with van der Waals surface area (Å²) in [7, 11) is 8.53. The van der Waals surface area contributed by atoms with Crippen molar-refractivity contribution in [3.05, 3.63) is 12.3 Å². The average Bonchev–Trinajstić information content (AvgIpc) is 2.45. The lowest BCUT2D eigenvalue weighted by Gasteiger charge is -2.15. The maximum Gasteiger partial charge on any atom is 0.0889 e. The Hall–Kier alpha value is -0.870. The van der Waals surface area contributed by atoms with Crippen LogP contribution >= 0.6 is 0 Å². The minimum absolute atomic E-state index is 0.947. The summed E-state index contributed by atoms with van der Waals surface area (Å²) >= 11 is 0. The maximum absolute atomic E-state index is 4.56. The van der Waals surface area contributed by atoms with E-state index in [4.69, 9.17) is 0 Å². The topological polar surface area (TPSA) is 22.1 Å².